The highest BCUT2D eigenvalue weighted by molar-refractivity contribution is 5.68. The number of amides is 1. The molecule has 16 heavy (non-hydrogen) atoms. The molecule has 1 unspecified atom stereocenters. The summed E-state index contributed by atoms with van der Waals surface area (Å²) in [5.74, 6) is 0. The Morgan fingerprint density at radius 2 is 2.00 bits per heavy atom. The minimum absolute atomic E-state index is 0.261. The number of hydrogen-bond acceptors (Lipinski definition) is 4. The summed E-state index contributed by atoms with van der Waals surface area (Å²) in [6.45, 7) is 8.32. The van der Waals surface area contributed by atoms with E-state index >= 15 is 0 Å². The maximum Gasteiger partial charge on any atom is 0.410 e. The van der Waals surface area contributed by atoms with Gasteiger partial charge in [-0.3, -0.25) is 0 Å². The monoisotopic (exact) mass is 230 g/mol. The lowest BCUT2D eigenvalue weighted by Gasteiger charge is -2.45. The Morgan fingerprint density at radius 1 is 1.50 bits per heavy atom. The molecule has 2 N–H and O–H groups in total. The lowest BCUT2D eigenvalue weighted by Crippen LogP contribution is -2.69. The molecule has 1 saturated heterocycles. The van der Waals surface area contributed by atoms with E-state index in [2.05, 4.69) is 5.32 Å². The Hall–Kier alpha value is -0.810. The van der Waals surface area contributed by atoms with Gasteiger partial charge in [0.2, 0.25) is 0 Å². The summed E-state index contributed by atoms with van der Waals surface area (Å²) >= 11 is 0. The number of nitrogens with one attached hydrogen (secondary N) is 1. The highest BCUT2D eigenvalue weighted by Crippen LogP contribution is 2.21. The largest absolute Gasteiger partial charge is 0.444 e. The van der Waals surface area contributed by atoms with Crippen LogP contribution in [0.15, 0.2) is 0 Å². The number of aliphatic hydroxyl groups is 1. The van der Waals surface area contributed by atoms with Gasteiger partial charge in [0.25, 0.3) is 0 Å². The fourth-order valence-corrected chi connectivity index (χ4v) is 1.53. The van der Waals surface area contributed by atoms with Crippen LogP contribution in [0.5, 0.6) is 0 Å². The highest BCUT2D eigenvalue weighted by Gasteiger charge is 2.43. The Balaban J connectivity index is 2.56. The van der Waals surface area contributed by atoms with Crippen molar-refractivity contribution in [2.45, 2.75) is 44.9 Å². The number of β-amino-alcohol motifs (C(OH)–C–C–N with tert-alkyl or cyclic N) is 1. The number of ether oxygens (including phenoxy) is 1. The van der Waals surface area contributed by atoms with Gasteiger partial charge in [0.05, 0.1) is 6.04 Å². The van der Waals surface area contributed by atoms with E-state index in [1.807, 2.05) is 27.7 Å². The Kier molecular flexibility index (Phi) is 3.50. The first-order chi connectivity index (χ1) is 7.16. The Bertz CT molecular complexity index is 269. The van der Waals surface area contributed by atoms with E-state index in [9.17, 15) is 9.90 Å². The maximum absolute atomic E-state index is 11.8. The molecule has 0 saturated carbocycles. The van der Waals surface area contributed by atoms with Crippen molar-refractivity contribution in [1.82, 2.24) is 10.2 Å². The molecule has 1 rings (SSSR count). The Morgan fingerprint density at radius 3 is 2.31 bits per heavy atom. The van der Waals surface area contributed by atoms with Crippen LogP contribution in [-0.4, -0.2) is 53.5 Å². The van der Waals surface area contributed by atoms with Gasteiger partial charge in [-0.15, -0.1) is 0 Å². The number of likely N-dealkylation sites (N-methyl/N-ethyl adjacent to an activating group) is 1. The van der Waals surface area contributed by atoms with Crippen LogP contribution in [-0.2, 0) is 4.74 Å². The van der Waals surface area contributed by atoms with Gasteiger partial charge in [-0.25, -0.2) is 4.79 Å². The van der Waals surface area contributed by atoms with Crippen LogP contribution in [0.3, 0.4) is 0 Å². The number of hydrogen-bond donors (Lipinski definition) is 2. The van der Waals surface area contributed by atoms with Gasteiger partial charge in [-0.2, -0.15) is 0 Å². The summed E-state index contributed by atoms with van der Waals surface area (Å²) < 4.78 is 5.24. The first-order valence-corrected chi connectivity index (χ1v) is 5.55. The zero-order chi connectivity index (χ0) is 12.6. The molecule has 1 heterocycles. The molecule has 1 aliphatic heterocycles. The van der Waals surface area contributed by atoms with Crippen LogP contribution in [0.4, 0.5) is 4.79 Å². The van der Waals surface area contributed by atoms with E-state index in [0.29, 0.717) is 13.1 Å². The number of rotatable bonds is 2. The average molecular weight is 230 g/mol. The summed E-state index contributed by atoms with van der Waals surface area (Å²) in [5.41, 5.74) is -1.34. The second-order valence-electron chi connectivity index (χ2n) is 5.47. The van der Waals surface area contributed by atoms with E-state index in [1.165, 1.54) is 4.90 Å². The third kappa shape index (κ3) is 2.86. The maximum atomic E-state index is 11.8. The SMILES string of the molecule is CC(N(C)C(=O)OC(C)(C)C)C1(O)CNC1. The van der Waals surface area contributed by atoms with E-state index in [-0.39, 0.29) is 6.04 Å². The molecule has 0 spiro atoms. The van der Waals surface area contributed by atoms with Crippen LogP contribution in [0.25, 0.3) is 0 Å². The van der Waals surface area contributed by atoms with Gasteiger partial charge < -0.3 is 20.1 Å². The zero-order valence-corrected chi connectivity index (χ0v) is 10.7. The van der Waals surface area contributed by atoms with Gasteiger partial charge in [0.15, 0.2) is 0 Å². The standard InChI is InChI=1S/C11H22N2O3/c1-8(11(15)6-12-7-11)13(5)9(14)16-10(2,3)4/h8,12,15H,6-7H2,1-5H3. The summed E-state index contributed by atoms with van der Waals surface area (Å²) in [6.07, 6.45) is -0.402. The molecule has 0 aromatic rings. The molecule has 5 heteroatoms. The van der Waals surface area contributed by atoms with Crippen molar-refractivity contribution in [1.29, 1.82) is 0 Å². The topological polar surface area (TPSA) is 61.8 Å². The normalized spacial score (nSPS) is 20.9. The van der Waals surface area contributed by atoms with Gasteiger partial charge in [0.1, 0.15) is 11.2 Å². The van der Waals surface area contributed by atoms with Crippen molar-refractivity contribution < 1.29 is 14.6 Å². The molecule has 0 aromatic heterocycles. The lowest BCUT2D eigenvalue weighted by atomic mass is 9.88. The quantitative estimate of drug-likeness (QED) is 0.728. The highest BCUT2D eigenvalue weighted by atomic mass is 16.6. The van der Waals surface area contributed by atoms with Gasteiger partial charge in [-0.05, 0) is 27.7 Å². The summed E-state index contributed by atoms with van der Waals surface area (Å²) in [7, 11) is 1.65. The molecule has 1 fully saturated rings. The first-order valence-electron chi connectivity index (χ1n) is 5.55. The first kappa shape index (κ1) is 13.3. The fraction of sp³-hybridized carbons (Fsp3) is 0.909. The van der Waals surface area contributed by atoms with Gasteiger partial charge in [0, 0.05) is 20.1 Å². The molecule has 0 aromatic carbocycles. The zero-order valence-electron chi connectivity index (χ0n) is 10.7. The van der Waals surface area contributed by atoms with Crippen LogP contribution >= 0.6 is 0 Å². The predicted octanol–water partition coefficient (Wildman–Crippen LogP) is 0.576. The predicted molar refractivity (Wildman–Crippen MR) is 61.3 cm³/mol. The van der Waals surface area contributed by atoms with Crippen LogP contribution < -0.4 is 5.32 Å². The van der Waals surface area contributed by atoms with E-state index in [4.69, 9.17) is 4.74 Å². The fourth-order valence-electron chi connectivity index (χ4n) is 1.53. The van der Waals surface area contributed by atoms with Crippen LogP contribution in [0.1, 0.15) is 27.7 Å². The van der Waals surface area contributed by atoms with E-state index < -0.39 is 17.3 Å². The summed E-state index contributed by atoms with van der Waals surface area (Å²) in [4.78, 5) is 13.2. The van der Waals surface area contributed by atoms with E-state index in [0.717, 1.165) is 0 Å². The minimum Gasteiger partial charge on any atom is -0.444 e. The average Bonchev–Trinajstić information content (AvgIpc) is 2.09. The van der Waals surface area contributed by atoms with Crippen molar-refractivity contribution in [3.05, 3.63) is 0 Å². The second kappa shape index (κ2) is 4.22. The van der Waals surface area contributed by atoms with E-state index in [1.54, 1.807) is 7.05 Å². The Labute approximate surface area is 96.8 Å². The summed E-state index contributed by atoms with van der Waals surface area (Å²) in [5, 5.41) is 13.1. The molecular weight excluding hydrogens is 208 g/mol. The molecule has 94 valence electrons. The molecule has 0 aliphatic carbocycles. The third-order valence-electron chi connectivity index (χ3n) is 2.90. The number of carbonyl (C=O) groups excluding carboxylic acids is 1. The van der Waals surface area contributed by atoms with Crippen molar-refractivity contribution in [2.24, 2.45) is 0 Å². The molecule has 0 radical (unpaired) electrons. The smallest absolute Gasteiger partial charge is 0.410 e. The molecule has 5 nitrogen and oxygen atoms in total. The summed E-state index contributed by atoms with van der Waals surface area (Å²) in [6, 6.07) is -0.261. The third-order valence-corrected chi connectivity index (χ3v) is 2.90. The lowest BCUT2D eigenvalue weighted by molar-refractivity contribution is -0.0739. The second-order valence-corrected chi connectivity index (χ2v) is 5.47. The molecular formula is C11H22N2O3. The van der Waals surface area contributed by atoms with Gasteiger partial charge >= 0.3 is 6.09 Å². The van der Waals surface area contributed by atoms with Gasteiger partial charge in [-0.1, -0.05) is 0 Å². The number of nitrogens with zero attached hydrogens (tertiary/aromatic N) is 1. The van der Waals surface area contributed by atoms with Crippen LogP contribution in [0, 0.1) is 0 Å². The molecule has 1 atom stereocenters. The number of carbonyl (C=O) groups is 1. The molecule has 1 amide bonds. The van der Waals surface area contributed by atoms with Crippen molar-refractivity contribution in [2.75, 3.05) is 20.1 Å². The minimum atomic E-state index is -0.828. The molecule has 0 bridgehead atoms. The van der Waals surface area contributed by atoms with Crippen molar-refractivity contribution in [3.63, 3.8) is 0 Å². The van der Waals surface area contributed by atoms with Crippen molar-refractivity contribution in [3.8, 4) is 0 Å². The van der Waals surface area contributed by atoms with Crippen LogP contribution in [0.2, 0.25) is 0 Å². The molecule has 1 aliphatic rings. The van der Waals surface area contributed by atoms with Crippen molar-refractivity contribution >= 4 is 6.09 Å².